The Labute approximate surface area is 92.9 Å². The number of hydrogen-bond donors (Lipinski definition) is 0. The van der Waals surface area contributed by atoms with Gasteiger partial charge in [-0.15, -0.1) is 5.10 Å². The van der Waals surface area contributed by atoms with Crippen molar-refractivity contribution in [2.75, 3.05) is 0 Å². The van der Waals surface area contributed by atoms with Gasteiger partial charge in [-0.2, -0.15) is 4.68 Å². The lowest BCUT2D eigenvalue weighted by Crippen LogP contribution is -2.27. The van der Waals surface area contributed by atoms with Gasteiger partial charge in [0.05, 0.1) is 5.69 Å². The normalized spacial score (nSPS) is 13.6. The quantitative estimate of drug-likeness (QED) is 0.744. The molecular formula is C10H15N5O. The molecule has 0 aliphatic heterocycles. The first-order chi connectivity index (χ1) is 7.52. The Morgan fingerprint density at radius 3 is 2.62 bits per heavy atom. The number of imidazole rings is 1. The summed E-state index contributed by atoms with van der Waals surface area (Å²) in [6.07, 6.45) is 1.51. The number of hydrogen-bond acceptors (Lipinski definition) is 4. The topological polar surface area (TPSA) is 65.1 Å². The van der Waals surface area contributed by atoms with Gasteiger partial charge in [-0.3, -0.25) is 0 Å². The van der Waals surface area contributed by atoms with Gasteiger partial charge in [0.15, 0.2) is 5.65 Å². The smallest absolute Gasteiger partial charge is 0.245 e. The van der Waals surface area contributed by atoms with Crippen LogP contribution in [-0.4, -0.2) is 24.4 Å². The lowest BCUT2D eigenvalue weighted by molar-refractivity contribution is 0.525. The Kier molecular flexibility index (Phi) is 2.49. The second kappa shape index (κ2) is 3.70. The minimum atomic E-state index is -0.222. The fraction of sp³-hybridized carbons (Fsp3) is 0.600. The fourth-order valence-corrected chi connectivity index (χ4v) is 1.54. The standard InChI is InChI=1S/C10H15N5O/c1-6(2)7(3)8-9-12-13-14(4)10(16)15(9)5-11-8/h5-7H,1-4H3. The van der Waals surface area contributed by atoms with E-state index in [1.165, 1.54) is 15.4 Å². The Balaban J connectivity index is 2.67. The highest BCUT2D eigenvalue weighted by Crippen LogP contribution is 2.23. The van der Waals surface area contributed by atoms with Gasteiger partial charge >= 0.3 is 5.69 Å². The summed E-state index contributed by atoms with van der Waals surface area (Å²) in [6, 6.07) is 0. The molecule has 6 nitrogen and oxygen atoms in total. The van der Waals surface area contributed by atoms with Gasteiger partial charge in [0.1, 0.15) is 6.33 Å². The summed E-state index contributed by atoms with van der Waals surface area (Å²) in [5.41, 5.74) is 1.17. The molecule has 0 spiro atoms. The predicted octanol–water partition coefficient (Wildman–Crippen LogP) is 0.582. The monoisotopic (exact) mass is 221 g/mol. The number of aryl methyl sites for hydroxylation is 1. The molecule has 2 aromatic heterocycles. The summed E-state index contributed by atoms with van der Waals surface area (Å²) in [6.45, 7) is 6.31. The zero-order valence-electron chi connectivity index (χ0n) is 9.88. The maximum Gasteiger partial charge on any atom is 0.352 e. The van der Waals surface area contributed by atoms with Crippen LogP contribution < -0.4 is 5.69 Å². The average molecular weight is 221 g/mol. The van der Waals surface area contributed by atoms with E-state index in [0.717, 1.165) is 5.69 Å². The van der Waals surface area contributed by atoms with Crippen molar-refractivity contribution in [2.45, 2.75) is 26.7 Å². The van der Waals surface area contributed by atoms with Gasteiger partial charge in [0, 0.05) is 13.0 Å². The van der Waals surface area contributed by atoms with Crippen molar-refractivity contribution in [2.24, 2.45) is 13.0 Å². The second-order valence-corrected chi connectivity index (χ2v) is 4.35. The number of nitrogens with zero attached hydrogens (tertiary/aromatic N) is 5. The summed E-state index contributed by atoms with van der Waals surface area (Å²) in [5.74, 6) is 0.705. The Bertz CT molecular complexity index is 568. The highest BCUT2D eigenvalue weighted by molar-refractivity contribution is 5.44. The van der Waals surface area contributed by atoms with Crippen LogP contribution in [0.4, 0.5) is 0 Å². The molecule has 1 unspecified atom stereocenters. The first-order valence-electron chi connectivity index (χ1n) is 5.29. The molecule has 0 saturated heterocycles. The van der Waals surface area contributed by atoms with E-state index >= 15 is 0 Å². The third-order valence-electron chi connectivity index (χ3n) is 2.96. The first-order valence-corrected chi connectivity index (χ1v) is 5.29. The minimum Gasteiger partial charge on any atom is -0.245 e. The van der Waals surface area contributed by atoms with Crippen LogP contribution in [0.2, 0.25) is 0 Å². The molecule has 0 amide bonds. The van der Waals surface area contributed by atoms with Crippen molar-refractivity contribution in [3.63, 3.8) is 0 Å². The third kappa shape index (κ3) is 1.50. The maximum absolute atomic E-state index is 11.7. The maximum atomic E-state index is 11.7. The number of aromatic nitrogens is 5. The van der Waals surface area contributed by atoms with E-state index in [-0.39, 0.29) is 11.6 Å². The van der Waals surface area contributed by atoms with Crippen LogP contribution in [0.5, 0.6) is 0 Å². The van der Waals surface area contributed by atoms with Gasteiger partial charge in [-0.25, -0.2) is 14.2 Å². The largest absolute Gasteiger partial charge is 0.352 e. The van der Waals surface area contributed by atoms with Crippen LogP contribution in [-0.2, 0) is 7.05 Å². The van der Waals surface area contributed by atoms with E-state index in [2.05, 4.69) is 36.1 Å². The van der Waals surface area contributed by atoms with Crippen molar-refractivity contribution < 1.29 is 0 Å². The molecule has 0 radical (unpaired) electrons. The van der Waals surface area contributed by atoms with Crippen molar-refractivity contribution in [1.82, 2.24) is 24.4 Å². The molecule has 0 fully saturated rings. The molecule has 0 saturated carbocycles. The highest BCUT2D eigenvalue weighted by atomic mass is 16.2. The Morgan fingerprint density at radius 2 is 2.00 bits per heavy atom. The molecule has 2 heterocycles. The van der Waals surface area contributed by atoms with Gasteiger partial charge < -0.3 is 0 Å². The van der Waals surface area contributed by atoms with Gasteiger partial charge in [0.25, 0.3) is 0 Å². The predicted molar refractivity (Wildman–Crippen MR) is 59.3 cm³/mol. The molecular weight excluding hydrogens is 206 g/mol. The molecule has 0 N–H and O–H groups in total. The first kappa shape index (κ1) is 10.8. The van der Waals surface area contributed by atoms with Crippen LogP contribution in [0.25, 0.3) is 5.65 Å². The van der Waals surface area contributed by atoms with Crippen molar-refractivity contribution in [1.29, 1.82) is 0 Å². The second-order valence-electron chi connectivity index (χ2n) is 4.35. The van der Waals surface area contributed by atoms with Gasteiger partial charge in [-0.05, 0) is 5.92 Å². The number of rotatable bonds is 2. The molecule has 6 heteroatoms. The average Bonchev–Trinajstić information content (AvgIpc) is 2.66. The highest BCUT2D eigenvalue weighted by Gasteiger charge is 2.18. The summed E-state index contributed by atoms with van der Waals surface area (Å²) >= 11 is 0. The summed E-state index contributed by atoms with van der Waals surface area (Å²) < 4.78 is 2.62. The van der Waals surface area contributed by atoms with Gasteiger partial charge in [-0.1, -0.05) is 26.0 Å². The van der Waals surface area contributed by atoms with Crippen molar-refractivity contribution in [3.8, 4) is 0 Å². The van der Waals surface area contributed by atoms with E-state index in [1.807, 2.05) is 0 Å². The van der Waals surface area contributed by atoms with E-state index in [1.54, 1.807) is 7.05 Å². The fourth-order valence-electron chi connectivity index (χ4n) is 1.54. The molecule has 16 heavy (non-hydrogen) atoms. The summed E-state index contributed by atoms with van der Waals surface area (Å²) in [4.78, 5) is 16.0. The minimum absolute atomic E-state index is 0.222. The molecule has 1 atom stereocenters. The van der Waals surface area contributed by atoms with Crippen LogP contribution in [0, 0.1) is 5.92 Å². The van der Waals surface area contributed by atoms with Gasteiger partial charge in [0.2, 0.25) is 0 Å². The number of fused-ring (bicyclic) bond motifs is 1. The Morgan fingerprint density at radius 1 is 1.31 bits per heavy atom. The van der Waals surface area contributed by atoms with E-state index < -0.39 is 0 Å². The molecule has 0 aliphatic carbocycles. The lowest BCUT2D eigenvalue weighted by Gasteiger charge is -2.12. The molecule has 0 aliphatic rings. The van der Waals surface area contributed by atoms with Crippen LogP contribution in [0.3, 0.4) is 0 Å². The van der Waals surface area contributed by atoms with Crippen molar-refractivity contribution in [3.05, 3.63) is 22.5 Å². The van der Waals surface area contributed by atoms with E-state index in [4.69, 9.17) is 0 Å². The van der Waals surface area contributed by atoms with Crippen LogP contribution >= 0.6 is 0 Å². The molecule has 86 valence electrons. The summed E-state index contributed by atoms with van der Waals surface area (Å²) in [5, 5.41) is 7.79. The van der Waals surface area contributed by atoms with E-state index in [9.17, 15) is 4.79 Å². The zero-order valence-corrected chi connectivity index (χ0v) is 9.88. The summed E-state index contributed by atoms with van der Waals surface area (Å²) in [7, 11) is 1.57. The third-order valence-corrected chi connectivity index (χ3v) is 2.96. The lowest BCUT2D eigenvalue weighted by atomic mass is 9.95. The van der Waals surface area contributed by atoms with Crippen molar-refractivity contribution >= 4 is 5.65 Å². The molecule has 2 aromatic rings. The Hall–Kier alpha value is -1.72. The van der Waals surface area contributed by atoms with Crippen LogP contribution in [0.1, 0.15) is 32.4 Å². The zero-order chi connectivity index (χ0) is 11.9. The molecule has 0 bridgehead atoms. The van der Waals surface area contributed by atoms with E-state index in [0.29, 0.717) is 11.6 Å². The SMILES string of the molecule is CC(C)C(C)c1ncn2c(=O)n(C)nnc12. The molecule has 2 rings (SSSR count). The van der Waals surface area contributed by atoms with Crippen LogP contribution in [0.15, 0.2) is 11.1 Å². The molecule has 0 aromatic carbocycles.